The second-order valence-electron chi connectivity index (χ2n) is 7.75. The third kappa shape index (κ3) is 3.01. The fourth-order valence-corrected chi connectivity index (χ4v) is 3.97. The highest BCUT2D eigenvalue weighted by Gasteiger charge is 2.15. The summed E-state index contributed by atoms with van der Waals surface area (Å²) in [7, 11) is 0. The molecule has 1 N–H and O–H groups in total. The van der Waals surface area contributed by atoms with E-state index in [9.17, 15) is 4.79 Å². The van der Waals surface area contributed by atoms with Gasteiger partial charge in [0.2, 0.25) is 0 Å². The van der Waals surface area contributed by atoms with Gasteiger partial charge in [0.15, 0.2) is 5.76 Å². The Kier molecular flexibility index (Phi) is 4.04. The molecule has 154 valence electrons. The second kappa shape index (κ2) is 7.06. The topological polar surface area (TPSA) is 73.0 Å². The summed E-state index contributed by atoms with van der Waals surface area (Å²) in [6.45, 7) is 1.94. The molecule has 0 aliphatic carbocycles. The van der Waals surface area contributed by atoms with E-state index in [1.165, 1.54) is 0 Å². The van der Waals surface area contributed by atoms with Crippen molar-refractivity contribution in [2.45, 2.75) is 6.92 Å². The third-order valence-electron chi connectivity index (χ3n) is 5.61. The Hall–Kier alpha value is -4.45. The maximum absolute atomic E-state index is 12.8. The molecular formula is C26H18N4O2. The number of rotatable bonds is 3. The van der Waals surface area contributed by atoms with Crippen molar-refractivity contribution < 1.29 is 9.21 Å². The zero-order chi connectivity index (χ0) is 21.7. The van der Waals surface area contributed by atoms with E-state index in [1.54, 1.807) is 10.9 Å². The van der Waals surface area contributed by atoms with Crippen LogP contribution in [0.25, 0.3) is 38.5 Å². The summed E-state index contributed by atoms with van der Waals surface area (Å²) in [5.41, 5.74) is 4.62. The zero-order valence-corrected chi connectivity index (χ0v) is 17.2. The number of benzene rings is 4. The lowest BCUT2D eigenvalue weighted by atomic mass is 10.1. The van der Waals surface area contributed by atoms with Gasteiger partial charge in [-0.25, -0.2) is 0 Å². The molecule has 0 unspecified atom stereocenters. The minimum Gasteiger partial charge on any atom is -0.451 e. The minimum atomic E-state index is -0.301. The Morgan fingerprint density at radius 2 is 1.56 bits per heavy atom. The van der Waals surface area contributed by atoms with Gasteiger partial charge in [-0.1, -0.05) is 54.6 Å². The van der Waals surface area contributed by atoms with Gasteiger partial charge in [-0.2, -0.15) is 0 Å². The lowest BCUT2D eigenvalue weighted by Crippen LogP contribution is -2.11. The normalized spacial score (nSPS) is 11.4. The molecule has 1 amide bonds. The number of nitrogens with zero attached hydrogens (tertiary/aromatic N) is 3. The van der Waals surface area contributed by atoms with E-state index in [0.717, 1.165) is 32.9 Å². The summed E-state index contributed by atoms with van der Waals surface area (Å²) in [6.07, 6.45) is 0. The minimum absolute atomic E-state index is 0.269. The van der Waals surface area contributed by atoms with Gasteiger partial charge >= 0.3 is 0 Å². The summed E-state index contributed by atoms with van der Waals surface area (Å²) in [4.78, 5) is 14.4. The summed E-state index contributed by atoms with van der Waals surface area (Å²) >= 11 is 0. The molecule has 2 aromatic heterocycles. The average Bonchev–Trinajstić information content (AvgIpc) is 3.43. The molecule has 0 radical (unpaired) electrons. The van der Waals surface area contributed by atoms with E-state index < -0.39 is 0 Å². The third-order valence-corrected chi connectivity index (χ3v) is 5.61. The number of furan rings is 1. The molecule has 6 aromatic rings. The van der Waals surface area contributed by atoms with E-state index in [2.05, 4.69) is 33.7 Å². The largest absolute Gasteiger partial charge is 0.451 e. The summed E-state index contributed by atoms with van der Waals surface area (Å²) in [6, 6.07) is 27.3. The van der Waals surface area contributed by atoms with Crippen molar-refractivity contribution >= 4 is 44.4 Å². The van der Waals surface area contributed by atoms with Crippen LogP contribution in [0.2, 0.25) is 0 Å². The molecule has 2 heterocycles. The van der Waals surface area contributed by atoms with E-state index >= 15 is 0 Å². The molecule has 6 rings (SSSR count). The van der Waals surface area contributed by atoms with Gasteiger partial charge in [0.1, 0.15) is 16.6 Å². The smallest absolute Gasteiger partial charge is 0.291 e. The van der Waals surface area contributed by atoms with Gasteiger partial charge < -0.3 is 9.73 Å². The molecule has 32 heavy (non-hydrogen) atoms. The van der Waals surface area contributed by atoms with Crippen LogP contribution < -0.4 is 5.32 Å². The molecule has 6 heteroatoms. The maximum Gasteiger partial charge on any atom is 0.291 e. The van der Waals surface area contributed by atoms with Crippen LogP contribution in [0.1, 0.15) is 16.1 Å². The SMILES string of the molecule is Cc1cc2nn(-c3cccc4ccccc34)nc2cc1NC(=O)c1cc2ccccc2o1. The average molecular weight is 418 g/mol. The first kappa shape index (κ1) is 18.3. The van der Waals surface area contributed by atoms with Gasteiger partial charge in [0.25, 0.3) is 5.91 Å². The Morgan fingerprint density at radius 1 is 0.844 bits per heavy atom. The van der Waals surface area contributed by atoms with Crippen LogP contribution in [0.15, 0.2) is 89.3 Å². The highest BCUT2D eigenvalue weighted by molar-refractivity contribution is 6.05. The Labute approximate surface area is 183 Å². The molecule has 0 spiro atoms. The van der Waals surface area contributed by atoms with Gasteiger partial charge in [0, 0.05) is 16.5 Å². The Balaban J connectivity index is 1.37. The monoisotopic (exact) mass is 418 g/mol. The van der Waals surface area contributed by atoms with E-state index in [1.807, 2.05) is 67.6 Å². The maximum atomic E-state index is 12.8. The van der Waals surface area contributed by atoms with Crippen molar-refractivity contribution in [1.82, 2.24) is 15.0 Å². The molecule has 0 atom stereocenters. The highest BCUT2D eigenvalue weighted by Crippen LogP contribution is 2.26. The second-order valence-corrected chi connectivity index (χ2v) is 7.75. The number of carbonyl (C=O) groups is 1. The van der Waals surface area contributed by atoms with Crippen LogP contribution in [0.5, 0.6) is 0 Å². The summed E-state index contributed by atoms with van der Waals surface area (Å²) in [5, 5.41) is 15.4. The molecule has 0 aliphatic heterocycles. The fourth-order valence-electron chi connectivity index (χ4n) is 3.97. The number of aryl methyl sites for hydroxylation is 1. The number of nitrogens with one attached hydrogen (secondary N) is 1. The van der Waals surface area contributed by atoms with Crippen LogP contribution in [0.3, 0.4) is 0 Å². The van der Waals surface area contributed by atoms with Crippen LogP contribution in [-0.2, 0) is 0 Å². The van der Waals surface area contributed by atoms with Gasteiger partial charge in [-0.15, -0.1) is 15.0 Å². The lowest BCUT2D eigenvalue weighted by Gasteiger charge is -2.06. The van der Waals surface area contributed by atoms with E-state index in [4.69, 9.17) is 4.42 Å². The predicted molar refractivity (Wildman–Crippen MR) is 125 cm³/mol. The van der Waals surface area contributed by atoms with E-state index in [-0.39, 0.29) is 11.7 Å². The molecule has 6 nitrogen and oxygen atoms in total. The Morgan fingerprint density at radius 3 is 2.41 bits per heavy atom. The standard InChI is InChI=1S/C26H18N4O2/c1-16-13-21-22(29-30(28-21)23-11-6-9-17-7-2-4-10-19(17)23)15-20(16)27-26(31)25-14-18-8-3-5-12-24(18)32-25/h2-15H,1H3,(H,27,31). The van der Waals surface area contributed by atoms with Gasteiger partial charge in [0.05, 0.1) is 5.69 Å². The van der Waals surface area contributed by atoms with Crippen molar-refractivity contribution in [2.75, 3.05) is 5.32 Å². The first-order chi connectivity index (χ1) is 15.7. The van der Waals surface area contributed by atoms with Crippen molar-refractivity contribution in [2.24, 2.45) is 0 Å². The number of aromatic nitrogens is 3. The predicted octanol–water partition coefficient (Wildman–Crippen LogP) is 5.88. The first-order valence-corrected chi connectivity index (χ1v) is 10.3. The Bertz CT molecular complexity index is 1610. The van der Waals surface area contributed by atoms with Crippen molar-refractivity contribution in [3.63, 3.8) is 0 Å². The molecule has 0 fully saturated rings. The highest BCUT2D eigenvalue weighted by atomic mass is 16.3. The summed E-state index contributed by atoms with van der Waals surface area (Å²) < 4.78 is 5.69. The molecule has 0 bridgehead atoms. The van der Waals surface area contributed by atoms with Gasteiger partial charge in [-0.3, -0.25) is 4.79 Å². The van der Waals surface area contributed by atoms with Crippen LogP contribution in [0.4, 0.5) is 5.69 Å². The molecule has 4 aromatic carbocycles. The van der Waals surface area contributed by atoms with Gasteiger partial charge in [-0.05, 0) is 48.2 Å². The quantitative estimate of drug-likeness (QED) is 0.389. The lowest BCUT2D eigenvalue weighted by molar-refractivity contribution is 0.0998. The number of amides is 1. The van der Waals surface area contributed by atoms with E-state index in [0.29, 0.717) is 16.8 Å². The first-order valence-electron chi connectivity index (χ1n) is 10.3. The van der Waals surface area contributed by atoms with Crippen LogP contribution in [-0.4, -0.2) is 20.9 Å². The zero-order valence-electron chi connectivity index (χ0n) is 17.2. The number of anilines is 1. The number of carbonyl (C=O) groups excluding carboxylic acids is 1. The number of para-hydroxylation sites is 1. The molecule has 0 saturated carbocycles. The molecule has 0 saturated heterocycles. The summed E-state index contributed by atoms with van der Waals surface area (Å²) in [5.74, 6) is -0.0322. The van der Waals surface area contributed by atoms with Crippen molar-refractivity contribution in [1.29, 1.82) is 0 Å². The molecular weight excluding hydrogens is 400 g/mol. The molecule has 0 aliphatic rings. The van der Waals surface area contributed by atoms with Crippen LogP contribution >= 0.6 is 0 Å². The van der Waals surface area contributed by atoms with Crippen molar-refractivity contribution in [3.8, 4) is 5.69 Å². The van der Waals surface area contributed by atoms with Crippen molar-refractivity contribution in [3.05, 3.63) is 96.3 Å². The fraction of sp³-hybridized carbons (Fsp3) is 0.0385. The number of hydrogen-bond acceptors (Lipinski definition) is 4. The number of fused-ring (bicyclic) bond motifs is 3. The number of hydrogen-bond donors (Lipinski definition) is 1. The van der Waals surface area contributed by atoms with Crippen LogP contribution in [0, 0.1) is 6.92 Å².